The van der Waals surface area contributed by atoms with Crippen molar-refractivity contribution in [1.29, 1.82) is 0 Å². The molecule has 0 aliphatic carbocycles. The minimum atomic E-state index is -0.753. The number of halogens is 3. The zero-order valence-electron chi connectivity index (χ0n) is 14.4. The van der Waals surface area contributed by atoms with Crippen molar-refractivity contribution in [3.05, 3.63) is 38.8 Å². The SMILES string of the molecule is CCC(Oc1cc(Cl)c(Br)c(Cl)c1)C(=O)NC(C)(C)/C=C/C(=O)OC. The molecule has 8 heteroatoms. The summed E-state index contributed by atoms with van der Waals surface area (Å²) in [5, 5.41) is 3.59. The quantitative estimate of drug-likeness (QED) is 0.374. The summed E-state index contributed by atoms with van der Waals surface area (Å²) >= 11 is 15.4. The fourth-order valence-corrected chi connectivity index (χ4v) is 2.57. The van der Waals surface area contributed by atoms with E-state index in [9.17, 15) is 9.59 Å². The second-order valence-corrected chi connectivity index (χ2v) is 7.39. The monoisotopic (exact) mass is 451 g/mol. The van der Waals surface area contributed by atoms with Crippen LogP contribution in [0.15, 0.2) is 28.8 Å². The van der Waals surface area contributed by atoms with E-state index in [1.807, 2.05) is 6.92 Å². The van der Waals surface area contributed by atoms with Crippen LogP contribution in [0.5, 0.6) is 5.75 Å². The number of carbonyl (C=O) groups excluding carboxylic acids is 2. The third-order valence-electron chi connectivity index (χ3n) is 3.18. The van der Waals surface area contributed by atoms with Crippen LogP contribution in [-0.4, -0.2) is 30.6 Å². The summed E-state index contributed by atoms with van der Waals surface area (Å²) in [6, 6.07) is 3.16. The predicted octanol–water partition coefficient (Wildman–Crippen LogP) is 4.54. The second kappa shape index (κ2) is 9.46. The van der Waals surface area contributed by atoms with Gasteiger partial charge >= 0.3 is 5.97 Å². The lowest BCUT2D eigenvalue weighted by atomic mass is 10.0. The highest BCUT2D eigenvalue weighted by molar-refractivity contribution is 9.10. The molecule has 0 saturated carbocycles. The fraction of sp³-hybridized carbons (Fsp3) is 0.412. The molecule has 0 aliphatic rings. The van der Waals surface area contributed by atoms with Gasteiger partial charge in [0.2, 0.25) is 0 Å². The highest BCUT2D eigenvalue weighted by Crippen LogP contribution is 2.34. The van der Waals surface area contributed by atoms with E-state index in [4.69, 9.17) is 27.9 Å². The number of benzene rings is 1. The number of esters is 1. The van der Waals surface area contributed by atoms with Crippen LogP contribution in [-0.2, 0) is 14.3 Å². The van der Waals surface area contributed by atoms with E-state index in [2.05, 4.69) is 26.0 Å². The van der Waals surface area contributed by atoms with E-state index >= 15 is 0 Å². The Morgan fingerprint density at radius 2 is 1.88 bits per heavy atom. The lowest BCUT2D eigenvalue weighted by molar-refractivity contribution is -0.135. The van der Waals surface area contributed by atoms with Crippen LogP contribution < -0.4 is 10.1 Å². The topological polar surface area (TPSA) is 64.6 Å². The Kier molecular flexibility index (Phi) is 8.25. The van der Waals surface area contributed by atoms with Crippen LogP contribution in [0.4, 0.5) is 0 Å². The number of hydrogen-bond donors (Lipinski definition) is 1. The zero-order valence-corrected chi connectivity index (χ0v) is 17.5. The molecular formula is C17H20BrCl2NO4. The first kappa shape index (κ1) is 21.8. The van der Waals surface area contributed by atoms with Crippen molar-refractivity contribution in [2.45, 2.75) is 38.8 Å². The number of methoxy groups -OCH3 is 1. The molecular weight excluding hydrogens is 433 g/mol. The number of amides is 1. The highest BCUT2D eigenvalue weighted by atomic mass is 79.9. The smallest absolute Gasteiger partial charge is 0.330 e. The molecule has 1 unspecified atom stereocenters. The summed E-state index contributed by atoms with van der Waals surface area (Å²) in [7, 11) is 1.29. The van der Waals surface area contributed by atoms with Crippen LogP contribution in [0.3, 0.4) is 0 Å². The van der Waals surface area contributed by atoms with Gasteiger partial charge in [-0.1, -0.05) is 36.2 Å². The molecule has 1 aromatic rings. The van der Waals surface area contributed by atoms with Gasteiger partial charge in [0.1, 0.15) is 5.75 Å². The van der Waals surface area contributed by atoms with E-state index in [0.717, 1.165) is 0 Å². The van der Waals surface area contributed by atoms with Crippen LogP contribution >= 0.6 is 39.1 Å². The maximum atomic E-state index is 12.5. The molecule has 1 N–H and O–H groups in total. The molecule has 1 atom stereocenters. The Balaban J connectivity index is 2.84. The lowest BCUT2D eigenvalue weighted by Crippen LogP contribution is -2.48. The third-order valence-corrected chi connectivity index (χ3v) is 5.09. The van der Waals surface area contributed by atoms with Crippen molar-refractivity contribution in [1.82, 2.24) is 5.32 Å². The van der Waals surface area contributed by atoms with Crippen molar-refractivity contribution >= 4 is 51.0 Å². The largest absolute Gasteiger partial charge is 0.481 e. The van der Waals surface area contributed by atoms with Gasteiger partial charge < -0.3 is 14.8 Å². The number of carbonyl (C=O) groups is 2. The Hall–Kier alpha value is -1.24. The highest BCUT2D eigenvalue weighted by Gasteiger charge is 2.25. The molecule has 25 heavy (non-hydrogen) atoms. The normalized spacial score (nSPS) is 12.8. The molecule has 138 valence electrons. The second-order valence-electron chi connectivity index (χ2n) is 5.78. The van der Waals surface area contributed by atoms with Crippen LogP contribution in [0, 0.1) is 0 Å². The number of rotatable bonds is 7. The molecule has 1 amide bonds. The van der Waals surface area contributed by atoms with Gasteiger partial charge in [0.05, 0.1) is 27.2 Å². The van der Waals surface area contributed by atoms with E-state index in [1.54, 1.807) is 32.1 Å². The van der Waals surface area contributed by atoms with E-state index in [-0.39, 0.29) is 5.91 Å². The maximum Gasteiger partial charge on any atom is 0.330 e. The van der Waals surface area contributed by atoms with Crippen molar-refractivity contribution in [3.63, 3.8) is 0 Å². The molecule has 0 spiro atoms. The van der Waals surface area contributed by atoms with Gasteiger partial charge in [-0.25, -0.2) is 4.79 Å². The average Bonchev–Trinajstić information content (AvgIpc) is 2.54. The molecule has 0 aromatic heterocycles. The summed E-state index contributed by atoms with van der Waals surface area (Å²) in [6.07, 6.45) is 2.51. The van der Waals surface area contributed by atoms with E-state index < -0.39 is 17.6 Å². The molecule has 0 saturated heterocycles. The summed E-state index contributed by atoms with van der Waals surface area (Å²) in [4.78, 5) is 23.7. The molecule has 0 aliphatic heterocycles. The molecule has 1 aromatic carbocycles. The van der Waals surface area contributed by atoms with Crippen molar-refractivity contribution in [2.24, 2.45) is 0 Å². The van der Waals surface area contributed by atoms with Gasteiger partial charge in [-0.2, -0.15) is 0 Å². The molecule has 5 nitrogen and oxygen atoms in total. The van der Waals surface area contributed by atoms with Gasteiger partial charge in [0.25, 0.3) is 5.91 Å². The summed E-state index contributed by atoms with van der Waals surface area (Å²) < 4.78 is 10.8. The van der Waals surface area contributed by atoms with Crippen LogP contribution in [0.25, 0.3) is 0 Å². The van der Waals surface area contributed by atoms with Crippen molar-refractivity contribution in [2.75, 3.05) is 7.11 Å². The number of nitrogens with one attached hydrogen (secondary N) is 1. The first-order valence-corrected chi connectivity index (χ1v) is 9.05. The standard InChI is InChI=1S/C17H20BrCl2NO4/c1-5-13(25-10-8-11(19)15(18)12(20)9-10)16(23)21-17(2,3)7-6-14(22)24-4/h6-9,13H,5H2,1-4H3,(H,21,23)/b7-6+. The van der Waals surface area contributed by atoms with E-state index in [1.165, 1.54) is 13.2 Å². The Bertz CT molecular complexity index is 654. The Morgan fingerprint density at radius 3 is 2.36 bits per heavy atom. The fourth-order valence-electron chi connectivity index (χ4n) is 1.87. The van der Waals surface area contributed by atoms with Gasteiger partial charge in [-0.3, -0.25) is 4.79 Å². The van der Waals surface area contributed by atoms with Gasteiger partial charge in [0, 0.05) is 18.2 Å². The molecule has 0 radical (unpaired) electrons. The predicted molar refractivity (Wildman–Crippen MR) is 102 cm³/mol. The summed E-state index contributed by atoms with van der Waals surface area (Å²) in [5.41, 5.74) is -0.753. The van der Waals surface area contributed by atoms with Crippen LogP contribution in [0.2, 0.25) is 10.0 Å². The molecule has 1 rings (SSSR count). The minimum Gasteiger partial charge on any atom is -0.481 e. The van der Waals surface area contributed by atoms with Gasteiger partial charge in [-0.05, 0) is 36.2 Å². The molecule has 0 fully saturated rings. The van der Waals surface area contributed by atoms with Gasteiger partial charge in [-0.15, -0.1) is 0 Å². The molecule has 0 heterocycles. The van der Waals surface area contributed by atoms with Gasteiger partial charge in [0.15, 0.2) is 6.10 Å². The lowest BCUT2D eigenvalue weighted by Gasteiger charge is -2.26. The van der Waals surface area contributed by atoms with E-state index in [0.29, 0.717) is 26.7 Å². The first-order valence-electron chi connectivity index (χ1n) is 7.50. The van der Waals surface area contributed by atoms with Crippen molar-refractivity contribution < 1.29 is 19.1 Å². The zero-order chi connectivity index (χ0) is 19.2. The summed E-state index contributed by atoms with van der Waals surface area (Å²) in [6.45, 7) is 5.33. The Morgan fingerprint density at radius 1 is 1.32 bits per heavy atom. The summed E-state index contributed by atoms with van der Waals surface area (Å²) in [5.74, 6) is -0.426. The molecule has 0 bridgehead atoms. The minimum absolute atomic E-state index is 0.322. The number of ether oxygens (including phenoxy) is 2. The third kappa shape index (κ3) is 6.88. The maximum absolute atomic E-state index is 12.5. The number of hydrogen-bond acceptors (Lipinski definition) is 4. The Labute approximate surface area is 165 Å². The van der Waals surface area contributed by atoms with Crippen molar-refractivity contribution in [3.8, 4) is 5.75 Å². The first-order chi connectivity index (χ1) is 11.6. The van der Waals surface area contributed by atoms with Crippen LogP contribution in [0.1, 0.15) is 27.2 Å². The average molecular weight is 453 g/mol.